The summed E-state index contributed by atoms with van der Waals surface area (Å²) in [6, 6.07) is 0. The summed E-state index contributed by atoms with van der Waals surface area (Å²) in [5.74, 6) is 0.552. The summed E-state index contributed by atoms with van der Waals surface area (Å²) in [6.07, 6.45) is 3.76. The van der Waals surface area contributed by atoms with Crippen molar-refractivity contribution in [3.05, 3.63) is 16.6 Å². The summed E-state index contributed by atoms with van der Waals surface area (Å²) in [4.78, 5) is 19.2. The second kappa shape index (κ2) is 5.26. The predicted molar refractivity (Wildman–Crippen MR) is 71.9 cm³/mol. The third-order valence-corrected chi connectivity index (χ3v) is 3.94. The molecule has 0 aromatic carbocycles. The second-order valence-corrected chi connectivity index (χ2v) is 6.56. The lowest BCUT2D eigenvalue weighted by Gasteiger charge is -2.33. The molecular weight excluding hydrogens is 248 g/mol. The zero-order valence-corrected chi connectivity index (χ0v) is 12.0. The molecule has 2 rings (SSSR count). The standard InChI is InChI=1S/C13H20N2O2S/c1-13(2,3)17-12(16)15-6-4-10(5-7-15)11-8-14-9-18-11/h8-10H,4-7H2,1-3H3. The van der Waals surface area contributed by atoms with E-state index in [1.807, 2.05) is 37.4 Å². The Balaban J connectivity index is 1.85. The predicted octanol–water partition coefficient (Wildman–Crippen LogP) is 3.26. The third-order valence-electron chi connectivity index (χ3n) is 3.00. The van der Waals surface area contributed by atoms with E-state index in [4.69, 9.17) is 4.74 Å². The zero-order chi connectivity index (χ0) is 13.2. The minimum Gasteiger partial charge on any atom is -0.444 e. The largest absolute Gasteiger partial charge is 0.444 e. The highest BCUT2D eigenvalue weighted by atomic mass is 32.1. The molecule has 4 nitrogen and oxygen atoms in total. The van der Waals surface area contributed by atoms with Gasteiger partial charge in [-0.2, -0.15) is 0 Å². The average Bonchev–Trinajstić information content (AvgIpc) is 2.80. The van der Waals surface area contributed by atoms with Crippen LogP contribution < -0.4 is 0 Å². The Morgan fingerprint density at radius 1 is 1.44 bits per heavy atom. The maximum atomic E-state index is 11.9. The van der Waals surface area contributed by atoms with E-state index in [1.165, 1.54) is 4.88 Å². The topological polar surface area (TPSA) is 42.4 Å². The number of hydrogen-bond acceptors (Lipinski definition) is 4. The van der Waals surface area contributed by atoms with Gasteiger partial charge in [0.25, 0.3) is 0 Å². The summed E-state index contributed by atoms with van der Waals surface area (Å²) in [7, 11) is 0. The van der Waals surface area contributed by atoms with E-state index in [0.29, 0.717) is 5.92 Å². The molecule has 1 aromatic heterocycles. The highest BCUT2D eigenvalue weighted by Gasteiger charge is 2.27. The molecule has 0 unspecified atom stereocenters. The van der Waals surface area contributed by atoms with Gasteiger partial charge in [-0.15, -0.1) is 11.3 Å². The molecule has 0 aliphatic carbocycles. The molecular formula is C13H20N2O2S. The summed E-state index contributed by atoms with van der Waals surface area (Å²) in [5, 5.41) is 0. The van der Waals surface area contributed by atoms with Crippen LogP contribution in [0.4, 0.5) is 4.79 Å². The summed E-state index contributed by atoms with van der Waals surface area (Å²) >= 11 is 1.70. The molecule has 0 radical (unpaired) electrons. The van der Waals surface area contributed by atoms with Gasteiger partial charge in [0.2, 0.25) is 0 Å². The number of aromatic nitrogens is 1. The smallest absolute Gasteiger partial charge is 0.410 e. The second-order valence-electron chi connectivity index (χ2n) is 5.65. The SMILES string of the molecule is CC(C)(C)OC(=O)N1CCC(c2cncs2)CC1. The maximum absolute atomic E-state index is 11.9. The van der Waals surface area contributed by atoms with Crippen molar-refractivity contribution in [1.82, 2.24) is 9.88 Å². The van der Waals surface area contributed by atoms with Crippen molar-refractivity contribution in [3.8, 4) is 0 Å². The first-order chi connectivity index (χ1) is 8.46. The number of likely N-dealkylation sites (tertiary alicyclic amines) is 1. The Hall–Kier alpha value is -1.10. The fraction of sp³-hybridized carbons (Fsp3) is 0.692. The van der Waals surface area contributed by atoms with E-state index in [9.17, 15) is 4.79 Å². The summed E-state index contributed by atoms with van der Waals surface area (Å²) in [5.41, 5.74) is 1.46. The van der Waals surface area contributed by atoms with Gasteiger partial charge in [0.05, 0.1) is 5.51 Å². The third kappa shape index (κ3) is 3.45. The Bertz CT molecular complexity index is 390. The average molecular weight is 268 g/mol. The van der Waals surface area contributed by atoms with Crippen molar-refractivity contribution in [2.75, 3.05) is 13.1 Å². The number of rotatable bonds is 1. The Morgan fingerprint density at radius 3 is 2.61 bits per heavy atom. The molecule has 0 N–H and O–H groups in total. The molecule has 1 aromatic rings. The van der Waals surface area contributed by atoms with Crippen molar-refractivity contribution < 1.29 is 9.53 Å². The van der Waals surface area contributed by atoms with Crippen LogP contribution in [-0.4, -0.2) is 34.7 Å². The van der Waals surface area contributed by atoms with Crippen LogP contribution in [0.3, 0.4) is 0 Å². The van der Waals surface area contributed by atoms with Crippen LogP contribution in [0.5, 0.6) is 0 Å². The number of carbonyl (C=O) groups is 1. The number of piperidine rings is 1. The molecule has 0 saturated carbocycles. The van der Waals surface area contributed by atoms with Crippen molar-refractivity contribution in [3.63, 3.8) is 0 Å². The molecule has 0 spiro atoms. The van der Waals surface area contributed by atoms with Gasteiger partial charge in [0.15, 0.2) is 0 Å². The van der Waals surface area contributed by atoms with Crippen LogP contribution in [0.2, 0.25) is 0 Å². The van der Waals surface area contributed by atoms with Crippen molar-refractivity contribution in [2.45, 2.75) is 45.1 Å². The van der Waals surface area contributed by atoms with E-state index < -0.39 is 5.60 Å². The highest BCUT2D eigenvalue weighted by Crippen LogP contribution is 2.30. The number of hydrogen-bond donors (Lipinski definition) is 0. The van der Waals surface area contributed by atoms with Gasteiger partial charge in [-0.05, 0) is 39.5 Å². The van der Waals surface area contributed by atoms with Gasteiger partial charge in [-0.3, -0.25) is 4.98 Å². The van der Waals surface area contributed by atoms with Crippen LogP contribution >= 0.6 is 11.3 Å². The molecule has 1 amide bonds. The first-order valence-electron chi connectivity index (χ1n) is 6.32. The number of carbonyl (C=O) groups excluding carboxylic acids is 1. The normalized spacial score (nSPS) is 17.8. The fourth-order valence-corrected chi connectivity index (χ4v) is 2.89. The van der Waals surface area contributed by atoms with Crippen molar-refractivity contribution in [2.24, 2.45) is 0 Å². The minimum absolute atomic E-state index is 0.190. The van der Waals surface area contributed by atoms with Crippen LogP contribution in [0, 0.1) is 0 Å². The zero-order valence-electron chi connectivity index (χ0n) is 11.2. The first-order valence-corrected chi connectivity index (χ1v) is 7.20. The van der Waals surface area contributed by atoms with Crippen molar-refractivity contribution >= 4 is 17.4 Å². The number of nitrogens with zero attached hydrogens (tertiary/aromatic N) is 2. The Labute approximate surface area is 112 Å². The minimum atomic E-state index is -0.411. The fourth-order valence-electron chi connectivity index (χ4n) is 2.10. The quantitative estimate of drug-likeness (QED) is 0.785. The molecule has 1 aliphatic rings. The van der Waals surface area contributed by atoms with Gasteiger partial charge in [-0.1, -0.05) is 0 Å². The van der Waals surface area contributed by atoms with E-state index in [-0.39, 0.29) is 6.09 Å². The van der Waals surface area contributed by atoms with E-state index >= 15 is 0 Å². The lowest BCUT2D eigenvalue weighted by Crippen LogP contribution is -2.41. The van der Waals surface area contributed by atoms with Crippen molar-refractivity contribution in [1.29, 1.82) is 0 Å². The van der Waals surface area contributed by atoms with Crippen LogP contribution in [0.15, 0.2) is 11.7 Å². The Morgan fingerprint density at radius 2 is 2.11 bits per heavy atom. The molecule has 5 heteroatoms. The highest BCUT2D eigenvalue weighted by molar-refractivity contribution is 7.09. The molecule has 100 valence electrons. The van der Waals surface area contributed by atoms with E-state index in [1.54, 1.807) is 11.3 Å². The molecule has 1 fully saturated rings. The molecule has 0 atom stereocenters. The lowest BCUT2D eigenvalue weighted by atomic mass is 9.96. The van der Waals surface area contributed by atoms with E-state index in [2.05, 4.69) is 4.98 Å². The van der Waals surface area contributed by atoms with Crippen LogP contribution in [0.25, 0.3) is 0 Å². The first kappa shape index (κ1) is 13.3. The number of thiazole rings is 1. The molecule has 1 saturated heterocycles. The van der Waals surface area contributed by atoms with E-state index in [0.717, 1.165) is 25.9 Å². The van der Waals surface area contributed by atoms with Crippen LogP contribution in [-0.2, 0) is 4.74 Å². The van der Waals surface area contributed by atoms with Gasteiger partial charge in [0.1, 0.15) is 5.60 Å². The number of amides is 1. The monoisotopic (exact) mass is 268 g/mol. The molecule has 0 bridgehead atoms. The van der Waals surface area contributed by atoms with Gasteiger partial charge >= 0.3 is 6.09 Å². The molecule has 1 aliphatic heterocycles. The maximum Gasteiger partial charge on any atom is 0.410 e. The molecule has 18 heavy (non-hydrogen) atoms. The summed E-state index contributed by atoms with van der Waals surface area (Å²) in [6.45, 7) is 7.24. The van der Waals surface area contributed by atoms with Gasteiger partial charge < -0.3 is 9.64 Å². The summed E-state index contributed by atoms with van der Waals surface area (Å²) < 4.78 is 5.38. The lowest BCUT2D eigenvalue weighted by molar-refractivity contribution is 0.0205. The molecule has 2 heterocycles. The Kier molecular flexibility index (Phi) is 3.90. The van der Waals surface area contributed by atoms with Gasteiger partial charge in [0, 0.05) is 24.2 Å². The van der Waals surface area contributed by atoms with Gasteiger partial charge in [-0.25, -0.2) is 4.79 Å². The van der Waals surface area contributed by atoms with Crippen LogP contribution in [0.1, 0.15) is 44.4 Å². The number of ether oxygens (including phenoxy) is 1.